The maximum Gasteiger partial charge on any atom is 0.233 e. The van der Waals surface area contributed by atoms with E-state index in [-0.39, 0.29) is 17.7 Å². The minimum absolute atomic E-state index is 0.105. The molecule has 1 aromatic carbocycles. The molecule has 1 amide bonds. The van der Waals surface area contributed by atoms with Gasteiger partial charge in [-0.2, -0.15) is 0 Å². The largest absolute Gasteiger partial charge is 0.339 e. The fourth-order valence-corrected chi connectivity index (χ4v) is 6.94. The molecule has 0 unspecified atom stereocenters. The standard InChI is InChI=1S/C21H28N4O3S2/c1-16-11-17(2)13-19(12-16)25-5-4-22-21(25)29-14-20(26)24-8-6-23(7-9-24)18-3-10-30(27,28)15-18/h4-5,11-13,18H,3,6-10,14-15H2,1-2H3/t18-/m1/s1. The van der Waals surface area contributed by atoms with Crippen molar-refractivity contribution in [3.8, 4) is 5.69 Å². The number of sulfone groups is 1. The summed E-state index contributed by atoms with van der Waals surface area (Å²) in [7, 11) is -2.88. The van der Waals surface area contributed by atoms with Crippen molar-refractivity contribution in [2.24, 2.45) is 0 Å². The van der Waals surface area contributed by atoms with Crippen LogP contribution in [0.2, 0.25) is 0 Å². The van der Waals surface area contributed by atoms with E-state index in [2.05, 4.69) is 41.9 Å². The molecule has 1 aromatic heterocycles. The van der Waals surface area contributed by atoms with Gasteiger partial charge in [-0.25, -0.2) is 13.4 Å². The lowest BCUT2D eigenvalue weighted by molar-refractivity contribution is -0.130. The van der Waals surface area contributed by atoms with Gasteiger partial charge in [-0.15, -0.1) is 0 Å². The van der Waals surface area contributed by atoms with Gasteiger partial charge in [0, 0.05) is 50.3 Å². The van der Waals surface area contributed by atoms with Crippen molar-refractivity contribution in [3.63, 3.8) is 0 Å². The second-order valence-corrected chi connectivity index (χ2v) is 11.4. The van der Waals surface area contributed by atoms with E-state index in [9.17, 15) is 13.2 Å². The maximum atomic E-state index is 12.7. The third kappa shape index (κ3) is 4.90. The highest BCUT2D eigenvalue weighted by atomic mass is 32.2. The van der Waals surface area contributed by atoms with E-state index < -0.39 is 9.84 Å². The van der Waals surface area contributed by atoms with Crippen LogP contribution in [0, 0.1) is 13.8 Å². The summed E-state index contributed by atoms with van der Waals surface area (Å²) in [5.74, 6) is 1.01. The zero-order chi connectivity index (χ0) is 21.3. The molecular formula is C21H28N4O3S2. The minimum Gasteiger partial charge on any atom is -0.339 e. The number of imidazole rings is 1. The molecule has 9 heteroatoms. The average Bonchev–Trinajstić information content (AvgIpc) is 3.31. The van der Waals surface area contributed by atoms with E-state index in [1.807, 2.05) is 15.7 Å². The topological polar surface area (TPSA) is 75.5 Å². The van der Waals surface area contributed by atoms with Crippen LogP contribution in [-0.2, 0) is 14.6 Å². The number of amides is 1. The summed E-state index contributed by atoms with van der Waals surface area (Å²) in [6.07, 6.45) is 4.40. The zero-order valence-electron chi connectivity index (χ0n) is 17.5. The molecule has 30 heavy (non-hydrogen) atoms. The lowest BCUT2D eigenvalue weighted by Crippen LogP contribution is -2.52. The van der Waals surface area contributed by atoms with Crippen molar-refractivity contribution in [3.05, 3.63) is 41.7 Å². The average molecular weight is 449 g/mol. The number of carbonyl (C=O) groups is 1. The Labute approximate surface area is 182 Å². The Hall–Kier alpha value is -1.84. The number of aromatic nitrogens is 2. The highest BCUT2D eigenvalue weighted by Crippen LogP contribution is 2.23. The molecule has 3 heterocycles. The summed E-state index contributed by atoms with van der Waals surface area (Å²) in [6, 6.07) is 6.48. The van der Waals surface area contributed by atoms with Gasteiger partial charge in [0.15, 0.2) is 15.0 Å². The van der Waals surface area contributed by atoms with Gasteiger partial charge in [0.25, 0.3) is 0 Å². The van der Waals surface area contributed by atoms with E-state index >= 15 is 0 Å². The van der Waals surface area contributed by atoms with Crippen LogP contribution < -0.4 is 0 Å². The van der Waals surface area contributed by atoms with Crippen LogP contribution in [0.1, 0.15) is 17.5 Å². The van der Waals surface area contributed by atoms with Crippen molar-refractivity contribution >= 4 is 27.5 Å². The van der Waals surface area contributed by atoms with Crippen molar-refractivity contribution in [2.45, 2.75) is 31.5 Å². The minimum atomic E-state index is -2.88. The smallest absolute Gasteiger partial charge is 0.233 e. The SMILES string of the molecule is Cc1cc(C)cc(-n2ccnc2SCC(=O)N2CCN([C@@H]3CCS(=O)(=O)C3)CC2)c1. The summed E-state index contributed by atoms with van der Waals surface area (Å²) in [5.41, 5.74) is 3.44. The molecule has 162 valence electrons. The van der Waals surface area contributed by atoms with Gasteiger partial charge in [0.05, 0.1) is 17.3 Å². The predicted molar refractivity (Wildman–Crippen MR) is 119 cm³/mol. The fraction of sp³-hybridized carbons (Fsp3) is 0.524. The molecule has 2 fully saturated rings. The first kappa shape index (κ1) is 21.4. The quantitative estimate of drug-likeness (QED) is 0.651. The molecule has 2 saturated heterocycles. The van der Waals surface area contributed by atoms with Gasteiger partial charge in [0.1, 0.15) is 0 Å². The summed E-state index contributed by atoms with van der Waals surface area (Å²) >= 11 is 1.46. The normalized spacial score (nSPS) is 21.8. The summed E-state index contributed by atoms with van der Waals surface area (Å²) in [6.45, 7) is 6.94. The Kier molecular flexibility index (Phi) is 6.22. The zero-order valence-corrected chi connectivity index (χ0v) is 19.1. The van der Waals surface area contributed by atoms with Crippen molar-refractivity contribution < 1.29 is 13.2 Å². The number of rotatable bonds is 5. The molecule has 0 bridgehead atoms. The first-order valence-electron chi connectivity index (χ1n) is 10.3. The van der Waals surface area contributed by atoms with Gasteiger partial charge >= 0.3 is 0 Å². The first-order valence-corrected chi connectivity index (χ1v) is 13.1. The van der Waals surface area contributed by atoms with Crippen LogP contribution in [-0.4, -0.2) is 83.2 Å². The van der Waals surface area contributed by atoms with E-state index in [1.54, 1.807) is 6.20 Å². The molecule has 7 nitrogen and oxygen atoms in total. The number of nitrogens with zero attached hydrogens (tertiary/aromatic N) is 4. The molecule has 2 aliphatic heterocycles. The van der Waals surface area contributed by atoms with Crippen LogP contribution in [0.5, 0.6) is 0 Å². The summed E-state index contributed by atoms with van der Waals surface area (Å²) in [4.78, 5) is 21.3. The van der Waals surface area contributed by atoms with Crippen LogP contribution in [0.3, 0.4) is 0 Å². The lowest BCUT2D eigenvalue weighted by Gasteiger charge is -2.37. The number of carbonyl (C=O) groups excluding carboxylic acids is 1. The fourth-order valence-electron chi connectivity index (χ4n) is 4.30. The monoisotopic (exact) mass is 448 g/mol. The maximum absolute atomic E-state index is 12.7. The molecule has 0 spiro atoms. The Balaban J connectivity index is 1.32. The molecule has 4 rings (SSSR count). The van der Waals surface area contributed by atoms with Crippen molar-refractivity contribution in [1.29, 1.82) is 0 Å². The van der Waals surface area contributed by atoms with Crippen LogP contribution in [0.25, 0.3) is 5.69 Å². The molecule has 0 aliphatic carbocycles. The van der Waals surface area contributed by atoms with E-state index in [0.717, 1.165) is 23.9 Å². The Morgan fingerprint density at radius 2 is 1.83 bits per heavy atom. The summed E-state index contributed by atoms with van der Waals surface area (Å²) < 4.78 is 25.5. The first-order chi connectivity index (χ1) is 14.3. The van der Waals surface area contributed by atoms with Crippen LogP contribution in [0.15, 0.2) is 35.7 Å². The molecule has 0 saturated carbocycles. The van der Waals surface area contributed by atoms with E-state index in [4.69, 9.17) is 0 Å². The number of benzene rings is 1. The number of aryl methyl sites for hydroxylation is 2. The molecule has 0 N–H and O–H groups in total. The highest BCUT2D eigenvalue weighted by Gasteiger charge is 2.34. The molecule has 0 radical (unpaired) electrons. The Bertz CT molecular complexity index is 1010. The van der Waals surface area contributed by atoms with Gasteiger partial charge in [-0.05, 0) is 43.5 Å². The second kappa shape index (κ2) is 8.72. The Morgan fingerprint density at radius 3 is 2.47 bits per heavy atom. The number of thioether (sulfide) groups is 1. The lowest BCUT2D eigenvalue weighted by atomic mass is 10.1. The van der Waals surface area contributed by atoms with Crippen molar-refractivity contribution in [2.75, 3.05) is 43.4 Å². The van der Waals surface area contributed by atoms with Crippen LogP contribution in [0.4, 0.5) is 0 Å². The number of piperazine rings is 1. The van der Waals surface area contributed by atoms with E-state index in [1.165, 1.54) is 22.9 Å². The number of hydrogen-bond acceptors (Lipinski definition) is 6. The number of hydrogen-bond donors (Lipinski definition) is 0. The second-order valence-electron chi connectivity index (χ2n) is 8.19. The highest BCUT2D eigenvalue weighted by molar-refractivity contribution is 7.99. The molecule has 2 aliphatic rings. The van der Waals surface area contributed by atoms with Gasteiger partial charge in [0.2, 0.25) is 5.91 Å². The van der Waals surface area contributed by atoms with E-state index in [0.29, 0.717) is 31.0 Å². The Morgan fingerprint density at radius 1 is 1.13 bits per heavy atom. The summed E-state index contributed by atoms with van der Waals surface area (Å²) in [5, 5.41) is 0.808. The van der Waals surface area contributed by atoms with Gasteiger partial charge in [-0.3, -0.25) is 14.3 Å². The molecule has 2 aromatic rings. The van der Waals surface area contributed by atoms with Gasteiger partial charge < -0.3 is 4.90 Å². The molecular weight excluding hydrogens is 420 g/mol. The van der Waals surface area contributed by atoms with Gasteiger partial charge in [-0.1, -0.05) is 17.8 Å². The van der Waals surface area contributed by atoms with Crippen LogP contribution >= 0.6 is 11.8 Å². The molecule has 1 atom stereocenters. The third-order valence-corrected chi connectivity index (χ3v) is 8.51. The van der Waals surface area contributed by atoms with Crippen molar-refractivity contribution in [1.82, 2.24) is 19.4 Å². The third-order valence-electron chi connectivity index (χ3n) is 5.81. The predicted octanol–water partition coefficient (Wildman–Crippen LogP) is 1.91.